The molecule has 0 bridgehead atoms. The van der Waals surface area contributed by atoms with Crippen LogP contribution in [0.2, 0.25) is 0 Å². The van der Waals surface area contributed by atoms with E-state index in [0.717, 1.165) is 43.1 Å². The zero-order valence-electron chi connectivity index (χ0n) is 15.5. The van der Waals surface area contributed by atoms with Crippen LogP contribution in [0.4, 0.5) is 4.79 Å². The fourth-order valence-electron chi connectivity index (χ4n) is 3.77. The molecule has 1 saturated heterocycles. The maximum atomic E-state index is 11.9. The summed E-state index contributed by atoms with van der Waals surface area (Å²) in [7, 11) is 0. The van der Waals surface area contributed by atoms with E-state index in [1.165, 1.54) is 0 Å². The highest BCUT2D eigenvalue weighted by Gasteiger charge is 2.57. The maximum Gasteiger partial charge on any atom is 0.413 e. The molecule has 138 valence electrons. The highest BCUT2D eigenvalue weighted by Crippen LogP contribution is 2.58. The first kappa shape index (κ1) is 17.2. The van der Waals surface area contributed by atoms with Crippen LogP contribution in [-0.2, 0) is 14.9 Å². The summed E-state index contributed by atoms with van der Waals surface area (Å²) in [6, 6.07) is 6.14. The van der Waals surface area contributed by atoms with Gasteiger partial charge in [0.2, 0.25) is 0 Å². The van der Waals surface area contributed by atoms with Gasteiger partial charge in [-0.25, -0.2) is 9.79 Å². The van der Waals surface area contributed by atoms with E-state index in [2.05, 4.69) is 16.4 Å². The highest BCUT2D eigenvalue weighted by atomic mass is 16.6. The van der Waals surface area contributed by atoms with Gasteiger partial charge in [0.05, 0.1) is 18.0 Å². The van der Waals surface area contributed by atoms with E-state index in [1.54, 1.807) is 0 Å². The van der Waals surface area contributed by atoms with Crippen LogP contribution in [0.15, 0.2) is 29.3 Å². The molecule has 1 N–H and O–H groups in total. The smallest absolute Gasteiger partial charge is 0.413 e. The van der Waals surface area contributed by atoms with Crippen LogP contribution in [0.3, 0.4) is 0 Å². The SMILES string of the molecule is CC(C)(C)OC(=O)NC1=NC(c2cccc(C34CCOCC3C4)n2)=CC1. The van der Waals surface area contributed by atoms with E-state index in [-0.39, 0.29) is 5.41 Å². The summed E-state index contributed by atoms with van der Waals surface area (Å²) in [5.74, 6) is 1.19. The van der Waals surface area contributed by atoms with Crippen molar-refractivity contribution in [3.05, 3.63) is 35.7 Å². The minimum atomic E-state index is -0.529. The minimum absolute atomic E-state index is 0.203. The number of amides is 1. The lowest BCUT2D eigenvalue weighted by atomic mass is 9.93. The molecule has 6 nitrogen and oxygen atoms in total. The van der Waals surface area contributed by atoms with Gasteiger partial charge in [-0.1, -0.05) is 6.07 Å². The van der Waals surface area contributed by atoms with Crippen LogP contribution in [0.5, 0.6) is 0 Å². The Labute approximate surface area is 153 Å². The zero-order valence-corrected chi connectivity index (χ0v) is 15.5. The van der Waals surface area contributed by atoms with Crippen molar-refractivity contribution >= 4 is 17.6 Å². The summed E-state index contributed by atoms with van der Waals surface area (Å²) in [6.45, 7) is 7.17. The summed E-state index contributed by atoms with van der Waals surface area (Å²) in [5.41, 5.74) is 2.48. The molecule has 1 aromatic rings. The molecule has 1 amide bonds. The Hall–Kier alpha value is -2.21. The van der Waals surface area contributed by atoms with Crippen LogP contribution < -0.4 is 5.32 Å². The number of pyridine rings is 1. The topological polar surface area (TPSA) is 72.8 Å². The lowest BCUT2D eigenvalue weighted by molar-refractivity contribution is 0.0562. The molecule has 0 radical (unpaired) electrons. The molecule has 6 heteroatoms. The number of aliphatic imine (C=N–C) groups is 1. The second-order valence-corrected chi connectivity index (χ2v) is 8.27. The fraction of sp³-hybridized carbons (Fsp3) is 0.550. The van der Waals surface area contributed by atoms with Crippen molar-refractivity contribution < 1.29 is 14.3 Å². The van der Waals surface area contributed by atoms with Gasteiger partial charge in [-0.15, -0.1) is 0 Å². The predicted molar refractivity (Wildman–Crippen MR) is 98.9 cm³/mol. The Kier molecular flexibility index (Phi) is 4.10. The van der Waals surface area contributed by atoms with Gasteiger partial charge in [0.25, 0.3) is 0 Å². The van der Waals surface area contributed by atoms with E-state index in [1.807, 2.05) is 39.0 Å². The minimum Gasteiger partial charge on any atom is -0.444 e. The molecule has 3 aliphatic rings. The molecule has 0 aromatic carbocycles. The number of alkyl carbamates (subject to hydrolysis) is 1. The average Bonchev–Trinajstić information content (AvgIpc) is 3.17. The number of aromatic nitrogens is 1. The van der Waals surface area contributed by atoms with Gasteiger partial charge in [0.1, 0.15) is 11.4 Å². The zero-order chi connectivity index (χ0) is 18.4. The van der Waals surface area contributed by atoms with Gasteiger partial charge in [0, 0.05) is 24.1 Å². The first-order chi connectivity index (χ1) is 12.4. The van der Waals surface area contributed by atoms with E-state index in [4.69, 9.17) is 14.5 Å². The lowest BCUT2D eigenvalue weighted by Gasteiger charge is -2.22. The number of nitrogens with one attached hydrogen (secondary N) is 1. The molecular formula is C20H25N3O3. The summed E-state index contributed by atoms with van der Waals surface area (Å²) in [4.78, 5) is 21.3. The number of carbonyl (C=O) groups excluding carboxylic acids is 1. The van der Waals surface area contributed by atoms with Crippen molar-refractivity contribution in [1.82, 2.24) is 10.3 Å². The molecule has 1 aromatic heterocycles. The van der Waals surface area contributed by atoms with Crippen molar-refractivity contribution in [3.63, 3.8) is 0 Å². The molecular weight excluding hydrogens is 330 g/mol. The molecule has 0 spiro atoms. The van der Waals surface area contributed by atoms with Crippen LogP contribution in [-0.4, -0.2) is 35.7 Å². The Morgan fingerprint density at radius 2 is 2.23 bits per heavy atom. The van der Waals surface area contributed by atoms with Crippen LogP contribution in [0, 0.1) is 5.92 Å². The molecule has 2 fully saturated rings. The summed E-state index contributed by atoms with van der Waals surface area (Å²) in [5, 5.41) is 2.72. The Morgan fingerprint density at radius 3 is 3.00 bits per heavy atom. The highest BCUT2D eigenvalue weighted by molar-refractivity contribution is 6.01. The second-order valence-electron chi connectivity index (χ2n) is 8.27. The van der Waals surface area contributed by atoms with Gasteiger partial charge < -0.3 is 9.47 Å². The molecule has 4 rings (SSSR count). The third kappa shape index (κ3) is 3.38. The second kappa shape index (κ2) is 6.20. The van der Waals surface area contributed by atoms with Gasteiger partial charge in [-0.2, -0.15) is 0 Å². The van der Waals surface area contributed by atoms with Gasteiger partial charge in [-0.05, 0) is 57.7 Å². The monoisotopic (exact) mass is 355 g/mol. The predicted octanol–water partition coefficient (Wildman–Crippen LogP) is 3.43. The fourth-order valence-corrected chi connectivity index (χ4v) is 3.77. The average molecular weight is 355 g/mol. The van der Waals surface area contributed by atoms with Crippen molar-refractivity contribution in [3.8, 4) is 0 Å². The third-order valence-electron chi connectivity index (χ3n) is 5.15. The van der Waals surface area contributed by atoms with E-state index < -0.39 is 11.7 Å². The van der Waals surface area contributed by atoms with Crippen LogP contribution in [0.1, 0.15) is 51.4 Å². The Morgan fingerprint density at radius 1 is 1.38 bits per heavy atom. The van der Waals surface area contributed by atoms with Gasteiger partial charge in [0.15, 0.2) is 0 Å². The molecule has 3 heterocycles. The largest absolute Gasteiger partial charge is 0.444 e. The molecule has 1 aliphatic carbocycles. The Balaban J connectivity index is 1.46. The standard InChI is InChI=1S/C20H25N3O3/c1-19(2,3)26-18(24)23-17-8-7-15(22-17)14-5-4-6-16(21-14)20-9-10-25-12-13(20)11-20/h4-7,13H,8-12H2,1-3H3,(H,22,23,24). The van der Waals surface area contributed by atoms with Crippen molar-refractivity contribution in [2.75, 3.05) is 13.2 Å². The number of rotatable bonds is 2. The van der Waals surface area contributed by atoms with Gasteiger partial charge >= 0.3 is 6.09 Å². The van der Waals surface area contributed by atoms with Crippen LogP contribution >= 0.6 is 0 Å². The molecule has 26 heavy (non-hydrogen) atoms. The van der Waals surface area contributed by atoms with Crippen molar-refractivity contribution in [2.24, 2.45) is 10.9 Å². The lowest BCUT2D eigenvalue weighted by Crippen LogP contribution is -2.35. The number of carbonyl (C=O) groups is 1. The number of hydrogen-bond donors (Lipinski definition) is 1. The van der Waals surface area contributed by atoms with E-state index in [0.29, 0.717) is 18.2 Å². The van der Waals surface area contributed by atoms with E-state index >= 15 is 0 Å². The first-order valence-corrected chi connectivity index (χ1v) is 9.19. The number of fused-ring (bicyclic) bond motifs is 1. The molecule has 2 aliphatic heterocycles. The number of ether oxygens (including phenoxy) is 2. The third-order valence-corrected chi connectivity index (χ3v) is 5.15. The summed E-state index contributed by atoms with van der Waals surface area (Å²) in [6.07, 6.45) is 4.29. The molecule has 2 atom stereocenters. The van der Waals surface area contributed by atoms with Gasteiger partial charge in [-0.3, -0.25) is 10.3 Å². The van der Waals surface area contributed by atoms with Crippen molar-refractivity contribution in [1.29, 1.82) is 0 Å². The quantitative estimate of drug-likeness (QED) is 0.882. The normalized spacial score (nSPS) is 27.3. The molecule has 2 unspecified atom stereocenters. The first-order valence-electron chi connectivity index (χ1n) is 9.19. The number of nitrogens with zero attached hydrogens (tertiary/aromatic N) is 2. The molecule has 1 saturated carbocycles. The summed E-state index contributed by atoms with van der Waals surface area (Å²) < 4.78 is 10.8. The number of amidine groups is 1. The summed E-state index contributed by atoms with van der Waals surface area (Å²) >= 11 is 0. The number of hydrogen-bond acceptors (Lipinski definition) is 5. The van der Waals surface area contributed by atoms with Crippen molar-refractivity contribution in [2.45, 2.75) is 51.0 Å². The van der Waals surface area contributed by atoms with E-state index in [9.17, 15) is 4.79 Å². The Bertz CT molecular complexity index is 794. The maximum absolute atomic E-state index is 11.9. The van der Waals surface area contributed by atoms with Crippen LogP contribution in [0.25, 0.3) is 5.70 Å².